The van der Waals surface area contributed by atoms with Crippen LogP contribution in [0.15, 0.2) is 18.2 Å². The summed E-state index contributed by atoms with van der Waals surface area (Å²) < 4.78 is 0. The third-order valence-corrected chi connectivity index (χ3v) is 2.54. The first-order chi connectivity index (χ1) is 6.67. The number of hydrogen-bond acceptors (Lipinski definition) is 1. The maximum Gasteiger partial charge on any atom is 0.0411 e. The fraction of sp³-hybridized carbons (Fsp3) is 0.500. The van der Waals surface area contributed by atoms with Gasteiger partial charge in [0.1, 0.15) is 0 Å². The zero-order valence-electron chi connectivity index (χ0n) is 9.10. The van der Waals surface area contributed by atoms with Crippen molar-refractivity contribution < 1.29 is 0 Å². The molecule has 14 heavy (non-hydrogen) atoms. The minimum atomic E-state index is 0.428. The Morgan fingerprint density at radius 2 is 2.00 bits per heavy atom. The molecular formula is C12H18ClN. The monoisotopic (exact) mass is 211 g/mol. The number of benzene rings is 1. The molecule has 1 nitrogen and oxygen atoms in total. The highest BCUT2D eigenvalue weighted by Crippen LogP contribution is 2.22. The van der Waals surface area contributed by atoms with E-state index in [1.54, 1.807) is 0 Å². The smallest absolute Gasteiger partial charge is 0.0411 e. The minimum Gasteiger partial charge on any atom is -0.310 e. The van der Waals surface area contributed by atoms with Crippen LogP contribution in [-0.2, 0) is 0 Å². The highest BCUT2D eigenvalue weighted by molar-refractivity contribution is 6.30. The second-order valence-electron chi connectivity index (χ2n) is 3.58. The molecule has 0 saturated heterocycles. The van der Waals surface area contributed by atoms with Gasteiger partial charge in [0, 0.05) is 11.1 Å². The molecule has 1 aromatic rings. The molecule has 0 heterocycles. The van der Waals surface area contributed by atoms with Crippen LogP contribution in [-0.4, -0.2) is 6.54 Å². The van der Waals surface area contributed by atoms with Crippen LogP contribution in [0.5, 0.6) is 0 Å². The Labute approximate surface area is 91.5 Å². The van der Waals surface area contributed by atoms with E-state index in [9.17, 15) is 0 Å². The van der Waals surface area contributed by atoms with Gasteiger partial charge in [0.15, 0.2) is 0 Å². The van der Waals surface area contributed by atoms with E-state index in [4.69, 9.17) is 11.6 Å². The van der Waals surface area contributed by atoms with E-state index in [-0.39, 0.29) is 0 Å². The largest absolute Gasteiger partial charge is 0.310 e. The summed E-state index contributed by atoms with van der Waals surface area (Å²) in [6, 6.07) is 6.66. The fourth-order valence-electron chi connectivity index (χ4n) is 1.71. The minimum absolute atomic E-state index is 0.428. The topological polar surface area (TPSA) is 12.0 Å². The molecule has 0 fully saturated rings. The fourth-order valence-corrected chi connectivity index (χ4v) is 2.01. The van der Waals surface area contributed by atoms with Crippen molar-refractivity contribution in [2.75, 3.05) is 6.54 Å². The molecule has 2 heteroatoms. The molecule has 0 spiro atoms. The van der Waals surface area contributed by atoms with E-state index in [0.717, 1.165) is 18.0 Å². The summed E-state index contributed by atoms with van der Waals surface area (Å²) >= 11 is 6.02. The summed E-state index contributed by atoms with van der Waals surface area (Å²) in [5.74, 6) is 0. The van der Waals surface area contributed by atoms with Crippen LogP contribution in [0, 0.1) is 6.92 Å². The standard InChI is InChI=1S/C12H18ClN/c1-4-12(14-5-2)10-6-9(3)7-11(13)8-10/h6-8,12,14H,4-5H2,1-3H3. The molecule has 1 atom stereocenters. The zero-order valence-corrected chi connectivity index (χ0v) is 9.86. The maximum absolute atomic E-state index is 6.02. The molecule has 0 aliphatic heterocycles. The molecule has 0 amide bonds. The van der Waals surface area contributed by atoms with Crippen LogP contribution in [0.1, 0.15) is 37.4 Å². The van der Waals surface area contributed by atoms with E-state index >= 15 is 0 Å². The quantitative estimate of drug-likeness (QED) is 0.801. The Morgan fingerprint density at radius 1 is 1.29 bits per heavy atom. The normalized spacial score (nSPS) is 12.9. The van der Waals surface area contributed by atoms with Crippen molar-refractivity contribution in [3.8, 4) is 0 Å². The highest BCUT2D eigenvalue weighted by atomic mass is 35.5. The molecule has 0 aliphatic carbocycles. The van der Waals surface area contributed by atoms with Gasteiger partial charge in [-0.05, 0) is 43.1 Å². The highest BCUT2D eigenvalue weighted by Gasteiger charge is 2.08. The molecule has 1 rings (SSSR count). The van der Waals surface area contributed by atoms with Gasteiger partial charge in [-0.25, -0.2) is 0 Å². The zero-order chi connectivity index (χ0) is 10.6. The Balaban J connectivity index is 2.91. The first-order valence-corrected chi connectivity index (χ1v) is 5.55. The summed E-state index contributed by atoms with van der Waals surface area (Å²) in [6.07, 6.45) is 1.09. The van der Waals surface area contributed by atoms with Crippen molar-refractivity contribution in [1.82, 2.24) is 5.32 Å². The molecular weight excluding hydrogens is 194 g/mol. The van der Waals surface area contributed by atoms with Gasteiger partial charge in [-0.15, -0.1) is 0 Å². The van der Waals surface area contributed by atoms with Gasteiger partial charge in [-0.2, -0.15) is 0 Å². The van der Waals surface area contributed by atoms with Crippen molar-refractivity contribution >= 4 is 11.6 Å². The molecule has 0 saturated carbocycles. The molecule has 0 aromatic heterocycles. The van der Waals surface area contributed by atoms with Gasteiger partial charge < -0.3 is 5.32 Å². The average molecular weight is 212 g/mol. The van der Waals surface area contributed by atoms with Crippen molar-refractivity contribution in [2.24, 2.45) is 0 Å². The summed E-state index contributed by atoms with van der Waals surface area (Å²) in [6.45, 7) is 7.38. The van der Waals surface area contributed by atoms with Gasteiger partial charge in [0.05, 0.1) is 0 Å². The van der Waals surface area contributed by atoms with E-state index in [0.29, 0.717) is 6.04 Å². The van der Waals surface area contributed by atoms with Gasteiger partial charge in [-0.3, -0.25) is 0 Å². The average Bonchev–Trinajstić information content (AvgIpc) is 2.12. The molecule has 1 aromatic carbocycles. The van der Waals surface area contributed by atoms with Crippen LogP contribution < -0.4 is 5.32 Å². The third kappa shape index (κ3) is 3.00. The van der Waals surface area contributed by atoms with Crippen LogP contribution in [0.3, 0.4) is 0 Å². The lowest BCUT2D eigenvalue weighted by atomic mass is 10.0. The second-order valence-corrected chi connectivity index (χ2v) is 4.02. The molecule has 1 unspecified atom stereocenters. The molecule has 0 bridgehead atoms. The summed E-state index contributed by atoms with van der Waals surface area (Å²) in [5, 5.41) is 4.27. The number of aryl methyl sites for hydroxylation is 1. The van der Waals surface area contributed by atoms with E-state index in [2.05, 4.69) is 32.2 Å². The first-order valence-electron chi connectivity index (χ1n) is 5.17. The van der Waals surface area contributed by atoms with E-state index in [1.165, 1.54) is 11.1 Å². The van der Waals surface area contributed by atoms with Crippen molar-refractivity contribution in [1.29, 1.82) is 0 Å². The van der Waals surface area contributed by atoms with Crippen LogP contribution in [0.4, 0.5) is 0 Å². The van der Waals surface area contributed by atoms with Gasteiger partial charge in [0.25, 0.3) is 0 Å². The molecule has 1 N–H and O–H groups in total. The van der Waals surface area contributed by atoms with E-state index < -0.39 is 0 Å². The Hall–Kier alpha value is -0.530. The van der Waals surface area contributed by atoms with E-state index in [1.807, 2.05) is 12.1 Å². The lowest BCUT2D eigenvalue weighted by molar-refractivity contribution is 0.537. The third-order valence-electron chi connectivity index (χ3n) is 2.33. The summed E-state index contributed by atoms with van der Waals surface area (Å²) in [5.41, 5.74) is 2.52. The second kappa shape index (κ2) is 5.38. The van der Waals surface area contributed by atoms with Crippen molar-refractivity contribution in [3.05, 3.63) is 34.3 Å². The number of halogens is 1. The first kappa shape index (κ1) is 11.5. The van der Waals surface area contributed by atoms with Gasteiger partial charge in [0.2, 0.25) is 0 Å². The summed E-state index contributed by atoms with van der Waals surface area (Å²) in [7, 11) is 0. The predicted octanol–water partition coefficient (Wildman–Crippen LogP) is 3.71. The Bertz CT molecular complexity index is 276. The number of nitrogens with one attached hydrogen (secondary N) is 1. The number of hydrogen-bond donors (Lipinski definition) is 1. The molecule has 78 valence electrons. The van der Waals surface area contributed by atoms with Crippen LogP contribution in [0.2, 0.25) is 5.02 Å². The molecule has 0 radical (unpaired) electrons. The van der Waals surface area contributed by atoms with Crippen LogP contribution in [0.25, 0.3) is 0 Å². The summed E-state index contributed by atoms with van der Waals surface area (Å²) in [4.78, 5) is 0. The lowest BCUT2D eigenvalue weighted by Gasteiger charge is -2.17. The van der Waals surface area contributed by atoms with Crippen molar-refractivity contribution in [3.63, 3.8) is 0 Å². The Kier molecular flexibility index (Phi) is 4.43. The predicted molar refractivity (Wildman–Crippen MR) is 62.9 cm³/mol. The Morgan fingerprint density at radius 3 is 2.50 bits per heavy atom. The maximum atomic E-state index is 6.02. The van der Waals surface area contributed by atoms with Crippen LogP contribution >= 0.6 is 11.6 Å². The molecule has 0 aliphatic rings. The van der Waals surface area contributed by atoms with Gasteiger partial charge >= 0.3 is 0 Å². The SMILES string of the molecule is CCNC(CC)c1cc(C)cc(Cl)c1. The van der Waals surface area contributed by atoms with Crippen molar-refractivity contribution in [2.45, 2.75) is 33.2 Å². The lowest BCUT2D eigenvalue weighted by Crippen LogP contribution is -2.20. The van der Waals surface area contributed by atoms with Gasteiger partial charge in [-0.1, -0.05) is 31.5 Å². The number of rotatable bonds is 4.